The van der Waals surface area contributed by atoms with Crippen LogP contribution in [-0.2, 0) is 9.53 Å². The zero-order valence-corrected chi connectivity index (χ0v) is 11.8. The fourth-order valence-electron chi connectivity index (χ4n) is 2.34. The predicted molar refractivity (Wildman–Crippen MR) is 76.4 cm³/mol. The van der Waals surface area contributed by atoms with Crippen molar-refractivity contribution in [2.24, 2.45) is 5.73 Å². The van der Waals surface area contributed by atoms with Crippen LogP contribution in [0.4, 0.5) is 5.69 Å². The van der Waals surface area contributed by atoms with Gasteiger partial charge < -0.3 is 15.4 Å². The first-order valence-electron chi connectivity index (χ1n) is 6.58. The summed E-state index contributed by atoms with van der Waals surface area (Å²) >= 11 is 5.97. The average Bonchev–Trinajstić information content (AvgIpc) is 2.88. The third kappa shape index (κ3) is 3.26. The topological polar surface area (TPSA) is 55.6 Å². The molecule has 0 spiro atoms. The van der Waals surface area contributed by atoms with E-state index in [1.807, 2.05) is 19.1 Å². The Bertz CT molecular complexity index is 453. The molecule has 5 heteroatoms. The van der Waals surface area contributed by atoms with E-state index in [2.05, 4.69) is 0 Å². The first kappa shape index (κ1) is 14.3. The maximum Gasteiger partial charge on any atom is 0.256 e. The molecule has 1 heterocycles. The summed E-state index contributed by atoms with van der Waals surface area (Å²) in [4.78, 5) is 14.2. The number of halogens is 1. The number of hydrogen-bond donors (Lipinski definition) is 1. The quantitative estimate of drug-likeness (QED) is 0.921. The highest BCUT2D eigenvalue weighted by molar-refractivity contribution is 6.30. The van der Waals surface area contributed by atoms with E-state index in [4.69, 9.17) is 22.1 Å². The van der Waals surface area contributed by atoms with Gasteiger partial charge in [0.05, 0.1) is 6.10 Å². The van der Waals surface area contributed by atoms with Crippen LogP contribution in [0.2, 0.25) is 5.02 Å². The molecule has 1 aromatic carbocycles. The van der Waals surface area contributed by atoms with Crippen molar-refractivity contribution >= 4 is 23.2 Å². The highest BCUT2D eigenvalue weighted by atomic mass is 35.5. The molecule has 104 valence electrons. The van der Waals surface area contributed by atoms with E-state index < -0.39 is 0 Å². The Labute approximate surface area is 118 Å². The van der Waals surface area contributed by atoms with Crippen molar-refractivity contribution in [2.75, 3.05) is 18.0 Å². The maximum absolute atomic E-state index is 12.5. The van der Waals surface area contributed by atoms with Gasteiger partial charge in [-0.05, 0) is 38.0 Å². The maximum atomic E-state index is 12.5. The van der Waals surface area contributed by atoms with Gasteiger partial charge in [0.15, 0.2) is 0 Å². The van der Waals surface area contributed by atoms with Gasteiger partial charge in [0, 0.05) is 23.8 Å². The smallest absolute Gasteiger partial charge is 0.256 e. The Hall–Kier alpha value is -1.10. The lowest BCUT2D eigenvalue weighted by atomic mass is 10.1. The van der Waals surface area contributed by atoms with Crippen LogP contribution in [-0.4, -0.2) is 31.2 Å². The summed E-state index contributed by atoms with van der Waals surface area (Å²) in [5.74, 6) is -0.0132. The minimum absolute atomic E-state index is 0.00650. The summed E-state index contributed by atoms with van der Waals surface area (Å²) in [6.45, 7) is 2.99. The van der Waals surface area contributed by atoms with Crippen molar-refractivity contribution in [2.45, 2.75) is 32.0 Å². The molecule has 1 aliphatic rings. The molecule has 0 unspecified atom stereocenters. The van der Waals surface area contributed by atoms with E-state index in [0.29, 0.717) is 18.1 Å². The van der Waals surface area contributed by atoms with Gasteiger partial charge in [-0.1, -0.05) is 17.7 Å². The Kier molecular flexibility index (Phi) is 4.80. The molecule has 2 atom stereocenters. The molecule has 1 saturated heterocycles. The molecule has 1 amide bonds. The largest absolute Gasteiger partial charge is 0.364 e. The molecule has 0 bridgehead atoms. The summed E-state index contributed by atoms with van der Waals surface area (Å²) in [5.41, 5.74) is 6.37. The van der Waals surface area contributed by atoms with Gasteiger partial charge in [0.25, 0.3) is 5.91 Å². The van der Waals surface area contributed by atoms with Gasteiger partial charge in [0.1, 0.15) is 6.10 Å². The minimum atomic E-state index is -0.382. The summed E-state index contributed by atoms with van der Waals surface area (Å²) < 4.78 is 5.66. The second-order valence-electron chi connectivity index (χ2n) is 4.62. The van der Waals surface area contributed by atoms with E-state index in [-0.39, 0.29) is 18.1 Å². The van der Waals surface area contributed by atoms with E-state index in [0.717, 1.165) is 18.5 Å². The monoisotopic (exact) mass is 282 g/mol. The predicted octanol–water partition coefficient (Wildman–Crippen LogP) is 2.20. The fourth-order valence-corrected chi connectivity index (χ4v) is 2.53. The number of amides is 1. The lowest BCUT2D eigenvalue weighted by molar-refractivity contribution is -0.129. The molecular weight excluding hydrogens is 264 g/mol. The van der Waals surface area contributed by atoms with Crippen molar-refractivity contribution in [3.05, 3.63) is 29.3 Å². The summed E-state index contributed by atoms with van der Waals surface area (Å²) in [5, 5.41) is 0.621. The number of nitrogens with two attached hydrogens (primary N) is 1. The number of rotatable bonds is 4. The molecular formula is C14H19ClN2O2. The number of carbonyl (C=O) groups is 1. The van der Waals surface area contributed by atoms with Crippen molar-refractivity contribution in [3.8, 4) is 0 Å². The number of benzene rings is 1. The summed E-state index contributed by atoms with van der Waals surface area (Å²) in [6.07, 6.45) is 1.21. The van der Waals surface area contributed by atoms with Crippen molar-refractivity contribution < 1.29 is 9.53 Å². The molecule has 19 heavy (non-hydrogen) atoms. The average molecular weight is 283 g/mol. The van der Waals surface area contributed by atoms with Gasteiger partial charge >= 0.3 is 0 Å². The number of nitrogens with zero attached hydrogens (tertiary/aromatic N) is 1. The molecule has 0 saturated carbocycles. The lowest BCUT2D eigenvalue weighted by Crippen LogP contribution is -2.39. The Balaban J connectivity index is 2.12. The van der Waals surface area contributed by atoms with Crippen LogP contribution in [0.1, 0.15) is 19.8 Å². The third-order valence-electron chi connectivity index (χ3n) is 3.35. The van der Waals surface area contributed by atoms with E-state index in [1.165, 1.54) is 0 Å². The number of carbonyl (C=O) groups excluding carboxylic acids is 1. The number of hydrogen-bond acceptors (Lipinski definition) is 3. The standard InChI is InChI=1S/C14H19ClN2O2/c1-2-17(11-5-3-4-10(15)8-11)14(18)13-7-6-12(9-16)19-13/h3-5,8,12-13H,2,6-7,9,16H2,1H3/t12-,13+/m1/s1. The summed E-state index contributed by atoms with van der Waals surface area (Å²) in [6, 6.07) is 7.30. The Morgan fingerprint density at radius 3 is 2.89 bits per heavy atom. The van der Waals surface area contributed by atoms with Gasteiger partial charge in [-0.25, -0.2) is 0 Å². The molecule has 2 N–H and O–H groups in total. The third-order valence-corrected chi connectivity index (χ3v) is 3.58. The van der Waals surface area contributed by atoms with Crippen LogP contribution < -0.4 is 10.6 Å². The minimum Gasteiger partial charge on any atom is -0.364 e. The van der Waals surface area contributed by atoms with Crippen LogP contribution in [0.15, 0.2) is 24.3 Å². The highest BCUT2D eigenvalue weighted by Crippen LogP contribution is 2.25. The summed E-state index contributed by atoms with van der Waals surface area (Å²) in [7, 11) is 0. The first-order valence-corrected chi connectivity index (χ1v) is 6.96. The lowest BCUT2D eigenvalue weighted by Gasteiger charge is -2.24. The van der Waals surface area contributed by atoms with Crippen LogP contribution >= 0.6 is 11.6 Å². The molecule has 1 aromatic rings. The van der Waals surface area contributed by atoms with Crippen LogP contribution in [0, 0.1) is 0 Å². The molecule has 0 radical (unpaired) electrons. The normalized spacial score (nSPS) is 22.5. The Morgan fingerprint density at radius 1 is 1.53 bits per heavy atom. The second kappa shape index (κ2) is 6.37. The van der Waals surface area contributed by atoms with Crippen molar-refractivity contribution in [1.82, 2.24) is 0 Å². The zero-order valence-electron chi connectivity index (χ0n) is 11.0. The zero-order chi connectivity index (χ0) is 13.8. The number of ether oxygens (including phenoxy) is 1. The highest BCUT2D eigenvalue weighted by Gasteiger charge is 2.32. The number of likely N-dealkylation sites (N-methyl/N-ethyl adjacent to an activating group) is 1. The van der Waals surface area contributed by atoms with Crippen LogP contribution in [0.25, 0.3) is 0 Å². The van der Waals surface area contributed by atoms with Gasteiger partial charge in [-0.2, -0.15) is 0 Å². The van der Waals surface area contributed by atoms with Crippen LogP contribution in [0.5, 0.6) is 0 Å². The second-order valence-corrected chi connectivity index (χ2v) is 5.06. The molecule has 4 nitrogen and oxygen atoms in total. The SMILES string of the molecule is CCN(C(=O)[C@@H]1CC[C@H](CN)O1)c1cccc(Cl)c1. The Morgan fingerprint density at radius 2 is 2.32 bits per heavy atom. The number of anilines is 1. The van der Waals surface area contributed by atoms with Gasteiger partial charge in [0.2, 0.25) is 0 Å². The van der Waals surface area contributed by atoms with Crippen molar-refractivity contribution in [3.63, 3.8) is 0 Å². The first-order chi connectivity index (χ1) is 9.15. The van der Waals surface area contributed by atoms with E-state index >= 15 is 0 Å². The van der Waals surface area contributed by atoms with Gasteiger partial charge in [-0.15, -0.1) is 0 Å². The molecule has 2 rings (SSSR count). The van der Waals surface area contributed by atoms with Gasteiger partial charge in [-0.3, -0.25) is 4.79 Å². The fraction of sp³-hybridized carbons (Fsp3) is 0.500. The van der Waals surface area contributed by atoms with E-state index in [9.17, 15) is 4.79 Å². The molecule has 0 aromatic heterocycles. The van der Waals surface area contributed by atoms with E-state index in [1.54, 1.807) is 17.0 Å². The van der Waals surface area contributed by atoms with Crippen molar-refractivity contribution in [1.29, 1.82) is 0 Å². The molecule has 0 aliphatic carbocycles. The molecule has 1 aliphatic heterocycles. The molecule has 1 fully saturated rings. The van der Waals surface area contributed by atoms with Crippen LogP contribution in [0.3, 0.4) is 0 Å².